The van der Waals surface area contributed by atoms with Crippen LogP contribution >= 0.6 is 0 Å². The molecule has 2 rings (SSSR count). The van der Waals surface area contributed by atoms with Gasteiger partial charge in [-0.2, -0.15) is 0 Å². The van der Waals surface area contributed by atoms with Crippen molar-refractivity contribution in [3.8, 4) is 11.5 Å². The lowest BCUT2D eigenvalue weighted by molar-refractivity contribution is 0.313. The first kappa shape index (κ1) is 17.7. The minimum atomic E-state index is 0.421. The van der Waals surface area contributed by atoms with E-state index in [9.17, 15) is 0 Å². The zero-order chi connectivity index (χ0) is 17.4. The van der Waals surface area contributed by atoms with E-state index in [1.54, 1.807) is 7.11 Å². The van der Waals surface area contributed by atoms with Crippen molar-refractivity contribution in [1.82, 2.24) is 0 Å². The number of benzene rings is 2. The van der Waals surface area contributed by atoms with E-state index >= 15 is 0 Å². The summed E-state index contributed by atoms with van der Waals surface area (Å²) in [6.07, 6.45) is 0.793. The van der Waals surface area contributed by atoms with Crippen molar-refractivity contribution in [2.75, 3.05) is 25.6 Å². The summed E-state index contributed by atoms with van der Waals surface area (Å²) >= 11 is 0. The third-order valence-corrected chi connectivity index (χ3v) is 3.41. The minimum Gasteiger partial charge on any atom is -0.497 e. The third kappa shape index (κ3) is 5.83. The van der Waals surface area contributed by atoms with Gasteiger partial charge in [0.1, 0.15) is 11.5 Å². The van der Waals surface area contributed by atoms with Gasteiger partial charge < -0.3 is 20.5 Å². The maximum Gasteiger partial charge on any atom is 0.193 e. The van der Waals surface area contributed by atoms with Crippen LogP contribution in [-0.4, -0.2) is 26.2 Å². The fourth-order valence-corrected chi connectivity index (χ4v) is 2.36. The zero-order valence-corrected chi connectivity index (χ0v) is 14.5. The number of hydrogen-bond acceptors (Lipinski definition) is 3. The van der Waals surface area contributed by atoms with Crippen LogP contribution in [0.1, 0.15) is 17.5 Å². The van der Waals surface area contributed by atoms with Crippen LogP contribution in [0.3, 0.4) is 0 Å². The van der Waals surface area contributed by atoms with Crippen molar-refractivity contribution in [1.29, 1.82) is 0 Å². The average Bonchev–Trinajstić information content (AvgIpc) is 2.54. The Labute approximate surface area is 143 Å². The lowest BCUT2D eigenvalue weighted by Gasteiger charge is -2.08. The molecule has 0 saturated carbocycles. The fourth-order valence-electron chi connectivity index (χ4n) is 2.36. The number of anilines is 1. The summed E-state index contributed by atoms with van der Waals surface area (Å²) in [6.45, 7) is 5.32. The van der Waals surface area contributed by atoms with E-state index < -0.39 is 0 Å². The largest absolute Gasteiger partial charge is 0.497 e. The number of aliphatic imine (C=N–C) groups is 1. The summed E-state index contributed by atoms with van der Waals surface area (Å²) in [5.41, 5.74) is 9.26. The van der Waals surface area contributed by atoms with Crippen molar-refractivity contribution in [3.63, 3.8) is 0 Å². The Kier molecular flexibility index (Phi) is 6.49. The molecule has 5 heteroatoms. The predicted octanol–water partition coefficient (Wildman–Crippen LogP) is 3.51. The standard InChI is InChI=1S/C19H25N3O2/c1-14-11-15(2)13-16(12-14)22-19(20)21-9-4-10-24-18-7-5-17(23-3)6-8-18/h5-8,11-13H,4,9-10H2,1-3H3,(H3,20,21,22). The minimum absolute atomic E-state index is 0.421. The highest BCUT2D eigenvalue weighted by molar-refractivity contribution is 5.92. The number of hydrogen-bond donors (Lipinski definition) is 2. The summed E-state index contributed by atoms with van der Waals surface area (Å²) in [4.78, 5) is 4.32. The fraction of sp³-hybridized carbons (Fsp3) is 0.316. The van der Waals surface area contributed by atoms with Gasteiger partial charge in [-0.25, -0.2) is 0 Å². The highest BCUT2D eigenvalue weighted by Gasteiger charge is 1.98. The maximum absolute atomic E-state index is 5.92. The molecule has 24 heavy (non-hydrogen) atoms. The number of nitrogens with zero attached hydrogens (tertiary/aromatic N) is 1. The molecule has 2 aromatic rings. The second-order valence-corrected chi connectivity index (χ2v) is 5.65. The Morgan fingerprint density at radius 3 is 2.29 bits per heavy atom. The first-order valence-corrected chi connectivity index (χ1v) is 7.99. The Hall–Kier alpha value is -2.69. The van der Waals surface area contributed by atoms with Gasteiger partial charge in [-0.1, -0.05) is 6.07 Å². The molecule has 0 aromatic heterocycles. The third-order valence-electron chi connectivity index (χ3n) is 3.41. The van der Waals surface area contributed by atoms with Crippen LogP contribution in [0.25, 0.3) is 0 Å². The smallest absolute Gasteiger partial charge is 0.193 e. The normalized spacial score (nSPS) is 11.2. The quantitative estimate of drug-likeness (QED) is 0.464. The number of guanidine groups is 1. The van der Waals surface area contributed by atoms with Gasteiger partial charge in [-0.15, -0.1) is 0 Å². The number of methoxy groups -OCH3 is 1. The number of nitrogens with two attached hydrogens (primary N) is 1. The van der Waals surface area contributed by atoms with Gasteiger partial charge in [0.05, 0.1) is 13.7 Å². The van der Waals surface area contributed by atoms with Crippen molar-refractivity contribution in [2.45, 2.75) is 20.3 Å². The number of rotatable bonds is 7. The average molecular weight is 327 g/mol. The summed E-state index contributed by atoms with van der Waals surface area (Å²) in [5, 5.41) is 3.12. The lowest BCUT2D eigenvalue weighted by atomic mass is 10.1. The predicted molar refractivity (Wildman–Crippen MR) is 99.1 cm³/mol. The van der Waals surface area contributed by atoms with Gasteiger partial charge in [-0.05, 0) is 61.4 Å². The van der Waals surface area contributed by atoms with Crippen molar-refractivity contribution >= 4 is 11.6 Å². The zero-order valence-electron chi connectivity index (χ0n) is 14.5. The molecule has 2 aromatic carbocycles. The second kappa shape index (κ2) is 8.82. The van der Waals surface area contributed by atoms with Gasteiger partial charge in [0.15, 0.2) is 5.96 Å². The number of aryl methyl sites for hydroxylation is 2. The summed E-state index contributed by atoms with van der Waals surface area (Å²) < 4.78 is 10.8. The molecule has 0 aliphatic carbocycles. The molecule has 128 valence electrons. The van der Waals surface area contributed by atoms with Gasteiger partial charge in [0.25, 0.3) is 0 Å². The van der Waals surface area contributed by atoms with Crippen LogP contribution in [0.5, 0.6) is 11.5 Å². The molecule has 0 bridgehead atoms. The first-order chi connectivity index (χ1) is 11.6. The van der Waals surface area contributed by atoms with Crippen LogP contribution in [-0.2, 0) is 0 Å². The van der Waals surface area contributed by atoms with Crippen LogP contribution in [0.2, 0.25) is 0 Å². The van der Waals surface area contributed by atoms with Gasteiger partial charge in [-0.3, -0.25) is 4.99 Å². The van der Waals surface area contributed by atoms with Crippen LogP contribution in [0.15, 0.2) is 47.5 Å². The monoisotopic (exact) mass is 327 g/mol. The molecule has 0 amide bonds. The first-order valence-electron chi connectivity index (χ1n) is 7.99. The molecule has 3 N–H and O–H groups in total. The van der Waals surface area contributed by atoms with E-state index in [1.165, 1.54) is 11.1 Å². The second-order valence-electron chi connectivity index (χ2n) is 5.65. The van der Waals surface area contributed by atoms with E-state index in [0.29, 0.717) is 19.1 Å². The topological polar surface area (TPSA) is 68.9 Å². The van der Waals surface area contributed by atoms with Crippen molar-refractivity contribution < 1.29 is 9.47 Å². The molecule has 0 aliphatic rings. The van der Waals surface area contributed by atoms with Crippen LogP contribution in [0.4, 0.5) is 5.69 Å². The lowest BCUT2D eigenvalue weighted by Crippen LogP contribution is -2.23. The molecule has 0 saturated heterocycles. The molecule has 0 atom stereocenters. The van der Waals surface area contributed by atoms with E-state index in [4.69, 9.17) is 15.2 Å². The molecule has 5 nitrogen and oxygen atoms in total. The molecule has 0 radical (unpaired) electrons. The molecule has 0 heterocycles. The summed E-state index contributed by atoms with van der Waals surface area (Å²) in [7, 11) is 1.64. The Morgan fingerprint density at radius 2 is 1.67 bits per heavy atom. The Balaban J connectivity index is 1.72. The van der Waals surface area contributed by atoms with Crippen LogP contribution < -0.4 is 20.5 Å². The van der Waals surface area contributed by atoms with E-state index in [1.807, 2.05) is 36.4 Å². The van der Waals surface area contributed by atoms with Crippen molar-refractivity contribution in [3.05, 3.63) is 53.6 Å². The number of nitrogens with one attached hydrogen (secondary N) is 1. The summed E-state index contributed by atoms with van der Waals surface area (Å²) in [6, 6.07) is 13.7. The van der Waals surface area contributed by atoms with E-state index in [0.717, 1.165) is 23.6 Å². The number of ether oxygens (including phenoxy) is 2. The Morgan fingerprint density at radius 1 is 1.04 bits per heavy atom. The molecular weight excluding hydrogens is 302 g/mol. The molecule has 0 spiro atoms. The van der Waals surface area contributed by atoms with E-state index in [-0.39, 0.29) is 0 Å². The van der Waals surface area contributed by atoms with Crippen LogP contribution in [0, 0.1) is 13.8 Å². The SMILES string of the molecule is COc1ccc(OCCCN=C(N)Nc2cc(C)cc(C)c2)cc1. The molecule has 0 unspecified atom stereocenters. The van der Waals surface area contributed by atoms with Gasteiger partial charge in [0.2, 0.25) is 0 Å². The summed E-state index contributed by atoms with van der Waals surface area (Å²) in [5.74, 6) is 2.06. The maximum atomic E-state index is 5.92. The van der Waals surface area contributed by atoms with Gasteiger partial charge >= 0.3 is 0 Å². The molecule has 0 fully saturated rings. The van der Waals surface area contributed by atoms with Gasteiger partial charge in [0, 0.05) is 18.7 Å². The molecular formula is C19H25N3O2. The van der Waals surface area contributed by atoms with Crippen molar-refractivity contribution in [2.24, 2.45) is 10.7 Å². The highest BCUT2D eigenvalue weighted by Crippen LogP contribution is 2.17. The Bertz CT molecular complexity index is 661. The van der Waals surface area contributed by atoms with E-state index in [2.05, 4.69) is 30.2 Å². The highest BCUT2D eigenvalue weighted by atomic mass is 16.5. The molecule has 0 aliphatic heterocycles.